The molecule has 8 heteroatoms. The van der Waals surface area contributed by atoms with Crippen LogP contribution in [0.25, 0.3) is 10.2 Å². The maximum absolute atomic E-state index is 13.2. The molecule has 0 radical (unpaired) electrons. The molecular weight excluding hydrogens is 374 g/mol. The van der Waals surface area contributed by atoms with E-state index in [-0.39, 0.29) is 11.9 Å². The molecule has 1 aliphatic rings. The van der Waals surface area contributed by atoms with Crippen molar-refractivity contribution in [3.8, 4) is 0 Å². The highest BCUT2D eigenvalue weighted by atomic mass is 32.1. The second-order valence-corrected chi connectivity index (χ2v) is 7.93. The van der Waals surface area contributed by atoms with Gasteiger partial charge in [-0.05, 0) is 36.9 Å². The Labute approximate surface area is 167 Å². The van der Waals surface area contributed by atoms with Crippen LogP contribution in [-0.4, -0.2) is 52.6 Å². The minimum absolute atomic E-state index is 0.0398. The van der Waals surface area contributed by atoms with E-state index < -0.39 is 0 Å². The van der Waals surface area contributed by atoms with Crippen molar-refractivity contribution in [3.05, 3.63) is 47.2 Å². The number of nitrogens with zero attached hydrogens (tertiary/aromatic N) is 4. The molecule has 1 fully saturated rings. The van der Waals surface area contributed by atoms with Crippen molar-refractivity contribution in [2.45, 2.75) is 19.4 Å². The first-order chi connectivity index (χ1) is 13.7. The Morgan fingerprint density at radius 1 is 1.39 bits per heavy atom. The molecule has 1 saturated heterocycles. The minimum Gasteiger partial charge on any atom is -0.384 e. The van der Waals surface area contributed by atoms with E-state index in [9.17, 15) is 4.79 Å². The second-order valence-electron chi connectivity index (χ2n) is 7.01. The summed E-state index contributed by atoms with van der Waals surface area (Å²) in [5, 5.41) is 5.23. The van der Waals surface area contributed by atoms with E-state index in [2.05, 4.69) is 20.3 Å². The number of ether oxygens (including phenoxy) is 1. The molecule has 1 amide bonds. The Bertz CT molecular complexity index is 962. The smallest absolute Gasteiger partial charge is 0.274 e. The third-order valence-corrected chi connectivity index (χ3v) is 5.87. The number of aromatic nitrogens is 3. The summed E-state index contributed by atoms with van der Waals surface area (Å²) in [6.07, 6.45) is 2.72. The van der Waals surface area contributed by atoms with Crippen molar-refractivity contribution < 1.29 is 9.53 Å². The normalized spacial score (nSPS) is 17.8. The van der Waals surface area contributed by atoms with Crippen molar-refractivity contribution in [3.63, 3.8) is 0 Å². The lowest BCUT2D eigenvalue weighted by atomic mass is 10.1. The number of nitrogens with one attached hydrogen (secondary N) is 1. The molecule has 1 N–H and O–H groups in total. The van der Waals surface area contributed by atoms with E-state index in [0.29, 0.717) is 30.7 Å². The van der Waals surface area contributed by atoms with Gasteiger partial charge in [-0.25, -0.2) is 9.97 Å². The van der Waals surface area contributed by atoms with Gasteiger partial charge in [0.15, 0.2) is 5.69 Å². The Morgan fingerprint density at radius 3 is 3.07 bits per heavy atom. The van der Waals surface area contributed by atoms with Gasteiger partial charge >= 0.3 is 0 Å². The van der Waals surface area contributed by atoms with E-state index in [1.54, 1.807) is 13.3 Å². The summed E-state index contributed by atoms with van der Waals surface area (Å²) in [5.74, 6) is 0.790. The average Bonchev–Trinajstić information content (AvgIpc) is 3.37. The summed E-state index contributed by atoms with van der Waals surface area (Å²) in [7, 11) is 1.70. The molecule has 3 aromatic rings. The quantitative estimate of drug-likeness (QED) is 0.687. The first kappa shape index (κ1) is 18.8. The van der Waals surface area contributed by atoms with Crippen LogP contribution in [0.15, 0.2) is 35.8 Å². The number of fused-ring (bicyclic) bond motifs is 1. The molecular formula is C20H23N5O2S. The molecule has 1 aliphatic heterocycles. The number of anilines is 1. The summed E-state index contributed by atoms with van der Waals surface area (Å²) in [4.78, 5) is 28.6. The van der Waals surface area contributed by atoms with Crippen LogP contribution in [0.5, 0.6) is 0 Å². The fourth-order valence-electron chi connectivity index (χ4n) is 3.51. The van der Waals surface area contributed by atoms with Crippen molar-refractivity contribution >= 4 is 33.4 Å². The molecule has 146 valence electrons. The fourth-order valence-corrected chi connectivity index (χ4v) is 4.32. The summed E-state index contributed by atoms with van der Waals surface area (Å²) in [6.45, 7) is 4.12. The molecule has 4 rings (SSSR count). The van der Waals surface area contributed by atoms with Crippen LogP contribution in [0, 0.1) is 5.92 Å². The highest BCUT2D eigenvalue weighted by molar-refractivity contribution is 7.17. The predicted molar refractivity (Wildman–Crippen MR) is 110 cm³/mol. The molecule has 0 spiro atoms. The van der Waals surface area contributed by atoms with Gasteiger partial charge in [0.25, 0.3) is 5.91 Å². The van der Waals surface area contributed by atoms with E-state index >= 15 is 0 Å². The summed E-state index contributed by atoms with van der Waals surface area (Å²) < 4.78 is 6.07. The average molecular weight is 398 g/mol. The molecule has 2 atom stereocenters. The van der Waals surface area contributed by atoms with Gasteiger partial charge < -0.3 is 15.0 Å². The Balaban J connectivity index is 1.60. The van der Waals surface area contributed by atoms with Gasteiger partial charge in [0.05, 0.1) is 28.6 Å². The van der Waals surface area contributed by atoms with Crippen LogP contribution in [-0.2, 0) is 4.74 Å². The molecule has 3 aromatic heterocycles. The number of carbonyl (C=O) groups is 1. The van der Waals surface area contributed by atoms with Crippen molar-refractivity contribution in [1.29, 1.82) is 0 Å². The number of amides is 1. The van der Waals surface area contributed by atoms with E-state index in [0.717, 1.165) is 28.9 Å². The number of methoxy groups -OCH3 is 1. The molecule has 0 aromatic carbocycles. The topological polar surface area (TPSA) is 80.2 Å². The summed E-state index contributed by atoms with van der Waals surface area (Å²) >= 11 is 1.50. The number of rotatable bonds is 6. The maximum Gasteiger partial charge on any atom is 0.274 e. The molecule has 4 heterocycles. The maximum atomic E-state index is 13.2. The highest BCUT2D eigenvalue weighted by Crippen LogP contribution is 2.27. The van der Waals surface area contributed by atoms with Crippen molar-refractivity contribution in [1.82, 2.24) is 19.9 Å². The Morgan fingerprint density at radius 2 is 2.29 bits per heavy atom. The van der Waals surface area contributed by atoms with Crippen LogP contribution in [0.1, 0.15) is 35.6 Å². The molecule has 0 aliphatic carbocycles. The van der Waals surface area contributed by atoms with Gasteiger partial charge in [0.2, 0.25) is 5.95 Å². The molecule has 0 bridgehead atoms. The SMILES string of the molecule is COCC1CCN(C(=O)c2nc(N[C@@H](C)c3ccccn3)nc3ccsc23)C1. The van der Waals surface area contributed by atoms with Crippen LogP contribution >= 0.6 is 11.3 Å². The largest absolute Gasteiger partial charge is 0.384 e. The minimum atomic E-state index is -0.0712. The first-order valence-electron chi connectivity index (χ1n) is 9.36. The standard InChI is InChI=1S/C20H23N5O2S/c1-13(15-5-3-4-8-21-15)22-20-23-16-7-10-28-18(16)17(24-20)19(26)25-9-6-14(11-25)12-27-2/h3-5,7-8,10,13-14H,6,9,11-12H2,1-2H3,(H,22,23,24)/t13-,14?/m0/s1. The zero-order chi connectivity index (χ0) is 19.5. The van der Waals surface area contributed by atoms with Gasteiger partial charge in [-0.1, -0.05) is 6.07 Å². The van der Waals surface area contributed by atoms with Gasteiger partial charge in [-0.2, -0.15) is 0 Å². The fraction of sp³-hybridized carbons (Fsp3) is 0.400. The van der Waals surface area contributed by atoms with Crippen LogP contribution in [0.2, 0.25) is 0 Å². The zero-order valence-electron chi connectivity index (χ0n) is 16.0. The lowest BCUT2D eigenvalue weighted by Crippen LogP contribution is -2.30. The third kappa shape index (κ3) is 3.83. The van der Waals surface area contributed by atoms with Gasteiger partial charge in [0.1, 0.15) is 0 Å². The first-order valence-corrected chi connectivity index (χ1v) is 10.2. The number of carbonyl (C=O) groups excluding carboxylic acids is 1. The summed E-state index contributed by atoms with van der Waals surface area (Å²) in [5.41, 5.74) is 2.15. The van der Waals surface area contributed by atoms with E-state index in [1.807, 2.05) is 41.5 Å². The van der Waals surface area contributed by atoms with Gasteiger partial charge in [-0.15, -0.1) is 11.3 Å². The van der Waals surface area contributed by atoms with Gasteiger partial charge in [0, 0.05) is 32.3 Å². The highest BCUT2D eigenvalue weighted by Gasteiger charge is 2.29. The number of hydrogen-bond donors (Lipinski definition) is 1. The zero-order valence-corrected chi connectivity index (χ0v) is 16.8. The number of pyridine rings is 1. The van der Waals surface area contributed by atoms with Crippen LogP contribution in [0.3, 0.4) is 0 Å². The Kier molecular flexibility index (Phi) is 5.50. The predicted octanol–water partition coefficient (Wildman–Crippen LogP) is 3.37. The summed E-state index contributed by atoms with van der Waals surface area (Å²) in [6, 6.07) is 7.63. The molecule has 28 heavy (non-hydrogen) atoms. The molecule has 0 saturated carbocycles. The number of likely N-dealkylation sites (tertiary alicyclic amines) is 1. The second kappa shape index (κ2) is 8.20. The van der Waals surface area contributed by atoms with E-state index in [1.165, 1.54) is 11.3 Å². The molecule has 7 nitrogen and oxygen atoms in total. The lowest BCUT2D eigenvalue weighted by molar-refractivity contribution is 0.0772. The monoisotopic (exact) mass is 397 g/mol. The molecule has 1 unspecified atom stereocenters. The van der Waals surface area contributed by atoms with Crippen LogP contribution in [0.4, 0.5) is 5.95 Å². The third-order valence-electron chi connectivity index (χ3n) is 4.96. The number of thiophene rings is 1. The van der Waals surface area contributed by atoms with Crippen molar-refractivity contribution in [2.24, 2.45) is 5.92 Å². The van der Waals surface area contributed by atoms with Crippen LogP contribution < -0.4 is 5.32 Å². The van der Waals surface area contributed by atoms with Crippen molar-refractivity contribution in [2.75, 3.05) is 32.1 Å². The number of hydrogen-bond acceptors (Lipinski definition) is 7. The van der Waals surface area contributed by atoms with Gasteiger partial charge in [-0.3, -0.25) is 9.78 Å². The van der Waals surface area contributed by atoms with E-state index in [4.69, 9.17) is 4.74 Å². The Hall–Kier alpha value is -2.58. The lowest BCUT2D eigenvalue weighted by Gasteiger charge is -2.18.